The van der Waals surface area contributed by atoms with Crippen LogP contribution in [-0.4, -0.2) is 56.8 Å². The van der Waals surface area contributed by atoms with Crippen LogP contribution in [0.4, 0.5) is 0 Å². The molecular formula is C18H38O5Si. The number of hydrogen-bond acceptors (Lipinski definition) is 5. The summed E-state index contributed by atoms with van der Waals surface area (Å²) in [6, 6.07) is 1.10. The van der Waals surface area contributed by atoms with Gasteiger partial charge in [0.15, 0.2) is 6.29 Å². The van der Waals surface area contributed by atoms with Gasteiger partial charge in [0.2, 0.25) is 0 Å². The maximum Gasteiger partial charge on any atom is 0.162 e. The molecule has 0 aliphatic carbocycles. The van der Waals surface area contributed by atoms with E-state index >= 15 is 0 Å². The van der Waals surface area contributed by atoms with Gasteiger partial charge in [0.25, 0.3) is 0 Å². The summed E-state index contributed by atoms with van der Waals surface area (Å²) in [5.74, 6) is 0. The van der Waals surface area contributed by atoms with Gasteiger partial charge in [-0.2, -0.15) is 0 Å². The molecule has 2 N–H and O–H groups in total. The van der Waals surface area contributed by atoms with Gasteiger partial charge in [0.1, 0.15) is 6.79 Å². The molecule has 5 nitrogen and oxygen atoms in total. The fourth-order valence-electron chi connectivity index (χ4n) is 2.90. The van der Waals surface area contributed by atoms with Crippen molar-refractivity contribution in [2.45, 2.75) is 84.7 Å². The number of aliphatic hydroxyl groups excluding tert-OH is 2. The molecule has 0 radical (unpaired) electrons. The lowest BCUT2D eigenvalue weighted by atomic mass is 9.72. The van der Waals surface area contributed by atoms with Crippen LogP contribution in [0.25, 0.3) is 0 Å². The highest BCUT2D eigenvalue weighted by Crippen LogP contribution is 2.44. The highest BCUT2D eigenvalue weighted by molar-refractivity contribution is 6.76. The Morgan fingerprint density at radius 1 is 1.25 bits per heavy atom. The van der Waals surface area contributed by atoms with E-state index < -0.39 is 19.8 Å². The molecule has 0 saturated carbocycles. The fraction of sp³-hybridized carbons (Fsp3) is 1.00. The second-order valence-corrected chi connectivity index (χ2v) is 15.2. The highest BCUT2D eigenvalue weighted by Gasteiger charge is 2.50. The highest BCUT2D eigenvalue weighted by atomic mass is 28.3. The van der Waals surface area contributed by atoms with Gasteiger partial charge < -0.3 is 24.4 Å². The Morgan fingerprint density at radius 3 is 2.38 bits per heavy atom. The average molecular weight is 363 g/mol. The molecule has 1 saturated heterocycles. The number of ether oxygens (including phenoxy) is 3. The smallest absolute Gasteiger partial charge is 0.162 e. The number of rotatable bonds is 8. The van der Waals surface area contributed by atoms with Gasteiger partial charge >= 0.3 is 0 Å². The van der Waals surface area contributed by atoms with Crippen molar-refractivity contribution in [3.05, 3.63) is 0 Å². The summed E-state index contributed by atoms with van der Waals surface area (Å²) < 4.78 is 17.5. The van der Waals surface area contributed by atoms with Crippen molar-refractivity contribution in [2.75, 3.05) is 20.0 Å². The molecule has 0 bridgehead atoms. The summed E-state index contributed by atoms with van der Waals surface area (Å²) in [6.45, 7) is 16.1. The van der Waals surface area contributed by atoms with Crippen LogP contribution in [0.15, 0.2) is 0 Å². The SMILES string of the molecule is CC(C)(C)[C@@H]1C[C@@H](OCOCC[Si](C)(C)C)[C@](C)(CCO)C(O)O1. The van der Waals surface area contributed by atoms with Gasteiger partial charge in [0, 0.05) is 33.1 Å². The molecule has 6 heteroatoms. The Kier molecular flexibility index (Phi) is 7.91. The maximum absolute atomic E-state index is 10.5. The van der Waals surface area contributed by atoms with Gasteiger partial charge in [-0.3, -0.25) is 0 Å². The van der Waals surface area contributed by atoms with E-state index in [0.717, 1.165) is 6.04 Å². The van der Waals surface area contributed by atoms with E-state index in [1.54, 1.807) is 0 Å². The monoisotopic (exact) mass is 362 g/mol. The van der Waals surface area contributed by atoms with E-state index in [1.807, 2.05) is 6.92 Å². The first kappa shape index (κ1) is 22.1. The third-order valence-corrected chi connectivity index (χ3v) is 6.69. The average Bonchev–Trinajstić information content (AvgIpc) is 2.41. The molecule has 0 amide bonds. The quantitative estimate of drug-likeness (QED) is 0.394. The first-order valence-electron chi connectivity index (χ1n) is 9.04. The van der Waals surface area contributed by atoms with Crippen LogP contribution in [0.2, 0.25) is 25.7 Å². The number of aliphatic hydroxyl groups is 2. The number of hydrogen-bond donors (Lipinski definition) is 2. The fourth-order valence-corrected chi connectivity index (χ4v) is 3.65. The summed E-state index contributed by atoms with van der Waals surface area (Å²) in [6.07, 6.45) is -0.121. The summed E-state index contributed by atoms with van der Waals surface area (Å²) in [4.78, 5) is 0. The normalized spacial score (nSPS) is 32.1. The van der Waals surface area contributed by atoms with Gasteiger partial charge in [-0.05, 0) is 17.9 Å². The molecular weight excluding hydrogens is 324 g/mol. The Labute approximate surface area is 148 Å². The van der Waals surface area contributed by atoms with Gasteiger partial charge in [-0.15, -0.1) is 0 Å². The largest absolute Gasteiger partial charge is 0.396 e. The van der Waals surface area contributed by atoms with Crippen LogP contribution >= 0.6 is 0 Å². The minimum Gasteiger partial charge on any atom is -0.396 e. The second kappa shape index (κ2) is 8.60. The molecule has 4 atom stereocenters. The Bertz CT molecular complexity index is 377. The van der Waals surface area contributed by atoms with Crippen molar-refractivity contribution >= 4 is 8.07 Å². The van der Waals surface area contributed by atoms with Crippen molar-refractivity contribution < 1.29 is 24.4 Å². The zero-order valence-electron chi connectivity index (χ0n) is 16.6. The Hall–Kier alpha value is 0.0169. The van der Waals surface area contributed by atoms with Crippen LogP contribution in [-0.2, 0) is 14.2 Å². The maximum atomic E-state index is 10.5. The van der Waals surface area contributed by atoms with Gasteiger partial charge in [0.05, 0.1) is 12.2 Å². The summed E-state index contributed by atoms with van der Waals surface area (Å²) >= 11 is 0. The predicted molar refractivity (Wildman–Crippen MR) is 98.6 cm³/mol. The minimum atomic E-state index is -1.11. The first-order valence-corrected chi connectivity index (χ1v) is 12.7. The zero-order valence-corrected chi connectivity index (χ0v) is 17.6. The first-order chi connectivity index (χ1) is 10.9. The molecule has 144 valence electrons. The standard InChI is InChI=1S/C18H38O5Si/c1-17(2,3)14-12-15(18(4,8-9-19)16(20)23-14)22-13-21-10-11-24(5,6)7/h14-16,19-20H,8-13H2,1-7H3/t14-,15+,16?,18-/m0/s1. The van der Waals surface area contributed by atoms with Crippen molar-refractivity contribution in [2.24, 2.45) is 10.8 Å². The summed E-state index contributed by atoms with van der Waals surface area (Å²) in [5, 5.41) is 19.9. The Balaban J connectivity index is 2.66. The van der Waals surface area contributed by atoms with E-state index in [4.69, 9.17) is 14.2 Å². The van der Waals surface area contributed by atoms with Gasteiger partial charge in [-0.1, -0.05) is 47.3 Å². The lowest BCUT2D eigenvalue weighted by molar-refractivity contribution is -0.298. The van der Waals surface area contributed by atoms with Crippen LogP contribution < -0.4 is 0 Å². The molecule has 1 unspecified atom stereocenters. The third kappa shape index (κ3) is 6.39. The molecule has 1 aliphatic rings. The van der Waals surface area contributed by atoms with Crippen molar-refractivity contribution in [3.63, 3.8) is 0 Å². The lowest BCUT2D eigenvalue weighted by Gasteiger charge is -2.49. The van der Waals surface area contributed by atoms with E-state index in [0.29, 0.717) is 19.4 Å². The van der Waals surface area contributed by atoms with E-state index in [9.17, 15) is 10.2 Å². The van der Waals surface area contributed by atoms with Crippen molar-refractivity contribution in [1.29, 1.82) is 0 Å². The molecule has 1 aliphatic heterocycles. The van der Waals surface area contributed by atoms with Crippen molar-refractivity contribution in [1.82, 2.24) is 0 Å². The van der Waals surface area contributed by atoms with E-state index in [2.05, 4.69) is 40.4 Å². The van der Waals surface area contributed by atoms with Crippen molar-refractivity contribution in [3.8, 4) is 0 Å². The molecule has 1 fully saturated rings. The minimum absolute atomic E-state index is 0.00650. The Morgan fingerprint density at radius 2 is 1.88 bits per heavy atom. The molecule has 0 aromatic rings. The molecule has 1 heterocycles. The zero-order chi connectivity index (χ0) is 18.6. The molecule has 24 heavy (non-hydrogen) atoms. The molecule has 0 aromatic carbocycles. The topological polar surface area (TPSA) is 68.2 Å². The second-order valence-electron chi connectivity index (χ2n) is 9.55. The van der Waals surface area contributed by atoms with Crippen LogP contribution in [0.5, 0.6) is 0 Å². The predicted octanol–water partition coefficient (Wildman–Crippen LogP) is 3.23. The van der Waals surface area contributed by atoms with E-state index in [-0.39, 0.29) is 31.0 Å². The van der Waals surface area contributed by atoms with E-state index in [1.165, 1.54) is 0 Å². The van der Waals surface area contributed by atoms with Crippen LogP contribution in [0, 0.1) is 10.8 Å². The van der Waals surface area contributed by atoms with Crippen LogP contribution in [0.3, 0.4) is 0 Å². The molecule has 0 aromatic heterocycles. The third-order valence-electron chi connectivity index (χ3n) is 4.99. The summed E-state index contributed by atoms with van der Waals surface area (Å²) in [7, 11) is -1.11. The summed E-state index contributed by atoms with van der Waals surface area (Å²) in [5.41, 5.74) is -0.708. The lowest BCUT2D eigenvalue weighted by Crippen LogP contribution is -2.56. The molecule has 0 spiro atoms. The van der Waals surface area contributed by atoms with Gasteiger partial charge in [-0.25, -0.2) is 0 Å². The molecule has 1 rings (SSSR count). The van der Waals surface area contributed by atoms with Crippen LogP contribution in [0.1, 0.15) is 40.5 Å².